The zero-order valence-electron chi connectivity index (χ0n) is 38.4. The van der Waals surface area contributed by atoms with Gasteiger partial charge in [0.25, 0.3) is 5.69 Å². The number of nitro groups is 1. The third kappa shape index (κ3) is 10.6. The van der Waals surface area contributed by atoms with Crippen LogP contribution < -0.4 is 14.8 Å². The average molecular weight is 937 g/mol. The number of anilines is 1. The molecule has 356 valence electrons. The largest absolute Gasteiger partial charge is 0.460 e. The number of unbranched alkanes of at least 4 members (excludes halogenated alkanes) is 2. The summed E-state index contributed by atoms with van der Waals surface area (Å²) in [4.78, 5) is 28.8. The summed E-state index contributed by atoms with van der Waals surface area (Å²) >= 11 is 0. The maximum Gasteiger partial charge on any atom is 0.269 e. The highest BCUT2D eigenvalue weighted by molar-refractivity contribution is 7.89. The fourth-order valence-corrected chi connectivity index (χ4v) is 11.2. The van der Waals surface area contributed by atoms with Gasteiger partial charge in [0.15, 0.2) is 0 Å². The summed E-state index contributed by atoms with van der Waals surface area (Å²) in [5, 5.41) is 38.8. The van der Waals surface area contributed by atoms with Gasteiger partial charge in [0.2, 0.25) is 21.7 Å². The highest BCUT2D eigenvalue weighted by Crippen LogP contribution is 2.62. The van der Waals surface area contributed by atoms with Crippen molar-refractivity contribution >= 4 is 33.0 Å². The van der Waals surface area contributed by atoms with E-state index in [1.54, 1.807) is 18.2 Å². The van der Waals surface area contributed by atoms with Crippen LogP contribution in [-0.4, -0.2) is 78.2 Å². The standard InChI is InChI=1S/C51H60N4O11S/c1-6-27-63-51-48(54(5)67(61,62)42-22-16-38(17-23-42)52-35(4)58)31-46(53-64-32-36-14-18-39(19-15-36)55(59)60)44-29-37(11-7-9-25-56)43(12-8-10-26-57)49(50(44)51)45-30-41(21-24-47(45)66-51)65-40-20-13-33(2)34(3)28-40/h6,13-24,28-30,37,43,48-50,56-57H,1,7-12,25-27,31-32H2,2-5H3,(H,52,58)/t37-,43+,48-,49+,50+,51+/m0/s1. The average Bonchev–Trinajstić information content (AvgIpc) is 3.31. The Kier molecular flexibility index (Phi) is 15.6. The molecule has 1 aliphatic heterocycles. The van der Waals surface area contributed by atoms with E-state index in [0.29, 0.717) is 59.9 Å². The van der Waals surface area contributed by atoms with E-state index >= 15 is 0 Å². The molecule has 16 heteroatoms. The van der Waals surface area contributed by atoms with E-state index in [2.05, 4.69) is 18.0 Å². The summed E-state index contributed by atoms with van der Waals surface area (Å²) in [6, 6.07) is 22.5. The zero-order chi connectivity index (χ0) is 47.9. The Hall–Kier alpha value is -5.91. The number of nitrogens with one attached hydrogen (secondary N) is 1. The maximum absolute atomic E-state index is 14.9. The fraction of sp³-hybridized carbons (Fsp3) is 0.412. The Morgan fingerprint density at radius 1 is 0.970 bits per heavy atom. The number of oxime groups is 1. The number of fused-ring (bicyclic) bond motifs is 2. The second-order valence-corrected chi connectivity index (χ2v) is 19.5. The molecule has 0 saturated heterocycles. The van der Waals surface area contributed by atoms with Crippen molar-refractivity contribution in [3.8, 4) is 17.2 Å². The van der Waals surface area contributed by atoms with Gasteiger partial charge in [-0.1, -0.05) is 36.2 Å². The lowest BCUT2D eigenvalue weighted by molar-refractivity contribution is -0.384. The molecule has 2 aliphatic carbocycles. The number of hydrogen-bond donors (Lipinski definition) is 3. The number of non-ortho nitro benzene ring substituents is 1. The Morgan fingerprint density at radius 2 is 1.66 bits per heavy atom. The topological polar surface area (TPSA) is 199 Å². The highest BCUT2D eigenvalue weighted by atomic mass is 32.2. The van der Waals surface area contributed by atoms with E-state index in [-0.39, 0.29) is 67.1 Å². The van der Waals surface area contributed by atoms with Gasteiger partial charge >= 0.3 is 0 Å². The molecular formula is C51H60N4O11S. The molecule has 1 heterocycles. The molecule has 6 atom stereocenters. The predicted octanol–water partition coefficient (Wildman–Crippen LogP) is 9.12. The van der Waals surface area contributed by atoms with Gasteiger partial charge in [-0.2, -0.15) is 4.31 Å². The first-order valence-electron chi connectivity index (χ1n) is 22.7. The third-order valence-corrected chi connectivity index (χ3v) is 15.1. The first-order chi connectivity index (χ1) is 32.2. The highest BCUT2D eigenvalue weighted by Gasteiger charge is 2.65. The summed E-state index contributed by atoms with van der Waals surface area (Å²) in [6.07, 6.45) is 7.88. The van der Waals surface area contributed by atoms with Crippen molar-refractivity contribution in [2.45, 2.75) is 95.0 Å². The Labute approximate surface area is 392 Å². The number of benzene rings is 4. The first kappa shape index (κ1) is 49.0. The molecule has 0 unspecified atom stereocenters. The van der Waals surface area contributed by atoms with Gasteiger partial charge in [-0.05, 0) is 140 Å². The van der Waals surface area contributed by atoms with Crippen LogP contribution in [0.3, 0.4) is 0 Å². The van der Waals surface area contributed by atoms with Crippen molar-refractivity contribution in [3.05, 3.63) is 142 Å². The Morgan fingerprint density at radius 3 is 2.31 bits per heavy atom. The van der Waals surface area contributed by atoms with Gasteiger partial charge in [0.05, 0.1) is 34.1 Å². The second-order valence-electron chi connectivity index (χ2n) is 17.5. The van der Waals surface area contributed by atoms with Gasteiger partial charge in [-0.15, -0.1) is 6.58 Å². The number of sulfonamides is 1. The second kappa shape index (κ2) is 21.4. The number of ether oxygens (including phenoxy) is 3. The van der Waals surface area contributed by atoms with Crippen LogP contribution in [-0.2, 0) is 31.0 Å². The van der Waals surface area contributed by atoms with Crippen molar-refractivity contribution < 1.29 is 47.4 Å². The van der Waals surface area contributed by atoms with Crippen LogP contribution in [0, 0.1) is 41.7 Å². The number of nitro benzene ring substituents is 1. The van der Waals surface area contributed by atoms with Crippen molar-refractivity contribution in [3.63, 3.8) is 0 Å². The van der Waals surface area contributed by atoms with Crippen molar-refractivity contribution in [1.82, 2.24) is 4.31 Å². The molecule has 0 spiro atoms. The normalized spacial score (nSPS) is 22.5. The minimum atomic E-state index is -4.31. The fourth-order valence-electron chi connectivity index (χ4n) is 9.83. The molecule has 1 amide bonds. The quantitative estimate of drug-likeness (QED) is 0.0312. The number of carbonyl (C=O) groups is 1. The zero-order valence-corrected chi connectivity index (χ0v) is 39.2. The van der Waals surface area contributed by atoms with Gasteiger partial charge in [-0.3, -0.25) is 14.9 Å². The van der Waals surface area contributed by atoms with Gasteiger partial charge in [-0.25, -0.2) is 8.42 Å². The summed E-state index contributed by atoms with van der Waals surface area (Å²) in [6.45, 7) is 9.46. The van der Waals surface area contributed by atoms with Crippen LogP contribution in [0.15, 0.2) is 119 Å². The van der Waals surface area contributed by atoms with Gasteiger partial charge in [0, 0.05) is 62.9 Å². The van der Waals surface area contributed by atoms with Crippen LogP contribution in [0.5, 0.6) is 17.2 Å². The number of aliphatic hydroxyl groups excluding tert-OH is 2. The van der Waals surface area contributed by atoms with Crippen LogP contribution in [0.25, 0.3) is 0 Å². The Bertz CT molecular complexity index is 2600. The molecule has 4 aromatic rings. The molecule has 1 saturated carbocycles. The van der Waals surface area contributed by atoms with Gasteiger partial charge in [0.1, 0.15) is 23.9 Å². The molecule has 0 bridgehead atoms. The molecule has 0 radical (unpaired) electrons. The van der Waals surface area contributed by atoms with E-state index in [1.807, 2.05) is 50.2 Å². The number of aryl methyl sites for hydroxylation is 2. The summed E-state index contributed by atoms with van der Waals surface area (Å²) in [7, 11) is -2.81. The summed E-state index contributed by atoms with van der Waals surface area (Å²) < 4.78 is 51.9. The molecule has 1 fully saturated rings. The van der Waals surface area contributed by atoms with Crippen molar-refractivity contribution in [2.75, 3.05) is 32.2 Å². The van der Waals surface area contributed by atoms with Gasteiger partial charge < -0.3 is 34.6 Å². The molecule has 4 aromatic carbocycles. The van der Waals surface area contributed by atoms with E-state index in [0.717, 1.165) is 35.1 Å². The molecular weight excluding hydrogens is 877 g/mol. The van der Waals surface area contributed by atoms with Crippen LogP contribution in [0.1, 0.15) is 80.0 Å². The molecule has 67 heavy (non-hydrogen) atoms. The van der Waals surface area contributed by atoms with Crippen LogP contribution in [0.4, 0.5) is 11.4 Å². The number of likely N-dealkylation sites (N-methyl/N-ethyl adjacent to an activating group) is 1. The third-order valence-electron chi connectivity index (χ3n) is 13.2. The molecule has 0 aromatic heterocycles. The van der Waals surface area contributed by atoms with E-state index < -0.39 is 32.7 Å². The minimum absolute atomic E-state index is 0.00595. The molecule has 3 aliphatic rings. The number of carbonyl (C=O) groups excluding carboxylic acids is 1. The first-order valence-corrected chi connectivity index (χ1v) is 24.2. The number of aliphatic hydroxyl groups is 2. The molecule has 15 nitrogen and oxygen atoms in total. The van der Waals surface area contributed by atoms with Crippen molar-refractivity contribution in [1.29, 1.82) is 0 Å². The predicted molar refractivity (Wildman–Crippen MR) is 255 cm³/mol. The molecule has 7 rings (SSSR count). The lowest BCUT2D eigenvalue weighted by atomic mass is 9.55. The SMILES string of the molecule is C=CCO[C@@]12Oc3ccc(Oc4ccc(C)c(C)c4)cc3[C@H]3[C@H](CCCCO)[C@@H](CCCCO)C=C(C(=NOCc4ccc([N+](=O)[O-])cc4)C[C@@H]1N(C)S(=O)(=O)c1ccc(NC(C)=O)cc1)[C@H]32. The molecule has 3 N–H and O–H groups in total. The number of nitrogens with zero attached hydrogens (tertiary/aromatic N) is 3. The number of amides is 1. The summed E-state index contributed by atoms with van der Waals surface area (Å²) in [5.41, 5.74) is 5.34. The number of allylic oxidation sites excluding steroid dienone is 1. The van der Waals surface area contributed by atoms with E-state index in [4.69, 9.17) is 24.2 Å². The number of rotatable bonds is 21. The van der Waals surface area contributed by atoms with Crippen molar-refractivity contribution in [2.24, 2.45) is 22.9 Å². The smallest absolute Gasteiger partial charge is 0.269 e. The van der Waals surface area contributed by atoms with E-state index in [9.17, 15) is 33.5 Å². The van der Waals surface area contributed by atoms with Crippen LogP contribution >= 0.6 is 0 Å². The lowest BCUT2D eigenvalue weighted by Crippen LogP contribution is -2.69. The maximum atomic E-state index is 14.9. The lowest BCUT2D eigenvalue weighted by Gasteiger charge is -2.59. The monoisotopic (exact) mass is 936 g/mol. The van der Waals surface area contributed by atoms with E-state index in [1.165, 1.54) is 54.7 Å². The van der Waals surface area contributed by atoms with Crippen LogP contribution in [0.2, 0.25) is 0 Å². The summed E-state index contributed by atoms with van der Waals surface area (Å²) in [5.74, 6) is -1.36. The minimum Gasteiger partial charge on any atom is -0.460 e. The number of hydrogen-bond acceptors (Lipinski definition) is 12. The Balaban J connectivity index is 1.42.